The summed E-state index contributed by atoms with van der Waals surface area (Å²) in [7, 11) is -1.09. The Labute approximate surface area is 91.4 Å². The van der Waals surface area contributed by atoms with Crippen molar-refractivity contribution in [2.75, 3.05) is 25.1 Å². The Morgan fingerprint density at radius 3 is 2.40 bits per heavy atom. The maximum Gasteiger partial charge on any atom is 0.150 e. The Bertz CT molecular complexity index is 287. The molecule has 3 nitrogen and oxygen atoms in total. The van der Waals surface area contributed by atoms with Crippen molar-refractivity contribution in [2.24, 2.45) is 5.92 Å². The van der Waals surface area contributed by atoms with Crippen LogP contribution in [-0.2, 0) is 9.84 Å². The van der Waals surface area contributed by atoms with Gasteiger partial charge >= 0.3 is 0 Å². The summed E-state index contributed by atoms with van der Waals surface area (Å²) in [5, 5.41) is 2.92. The normalized spacial score (nSPS) is 26.1. The number of nitrogens with one attached hydrogen (secondary N) is 1. The van der Waals surface area contributed by atoms with Gasteiger partial charge in [-0.2, -0.15) is 0 Å². The standard InChI is InChI=1S/C10H20FNO2S/c1-10(11,5-6-12-2)9-3-7-15(13,14)8-4-9/h9,12H,3-8H2,1-2H3. The summed E-state index contributed by atoms with van der Waals surface area (Å²) >= 11 is 0. The van der Waals surface area contributed by atoms with Gasteiger partial charge in [-0.25, -0.2) is 12.8 Å². The fraction of sp³-hybridized carbons (Fsp3) is 1.00. The third-order valence-electron chi connectivity index (χ3n) is 3.27. The third-order valence-corrected chi connectivity index (χ3v) is 4.99. The molecule has 5 heteroatoms. The molecular formula is C10H20FNO2S. The molecule has 0 aromatic rings. The van der Waals surface area contributed by atoms with Crippen LogP contribution in [0.5, 0.6) is 0 Å². The zero-order valence-electron chi connectivity index (χ0n) is 9.42. The molecule has 1 atom stereocenters. The molecule has 90 valence electrons. The SMILES string of the molecule is CNCCC(C)(F)C1CCS(=O)(=O)CC1. The van der Waals surface area contributed by atoms with Crippen molar-refractivity contribution in [1.29, 1.82) is 0 Å². The van der Waals surface area contributed by atoms with E-state index in [1.165, 1.54) is 0 Å². The lowest BCUT2D eigenvalue weighted by molar-refractivity contribution is 0.0846. The number of sulfone groups is 1. The highest BCUT2D eigenvalue weighted by molar-refractivity contribution is 7.91. The first kappa shape index (κ1) is 12.9. The van der Waals surface area contributed by atoms with Crippen LogP contribution in [0.2, 0.25) is 0 Å². The predicted octanol–water partition coefficient (Wildman–Crippen LogP) is 1.15. The van der Waals surface area contributed by atoms with Crippen LogP contribution in [0.3, 0.4) is 0 Å². The molecule has 1 aliphatic heterocycles. The number of halogens is 1. The molecule has 1 saturated heterocycles. The zero-order chi connectivity index (χ0) is 11.5. The minimum atomic E-state index is -2.88. The quantitative estimate of drug-likeness (QED) is 0.798. The van der Waals surface area contributed by atoms with E-state index < -0.39 is 15.5 Å². The molecule has 1 fully saturated rings. The topological polar surface area (TPSA) is 46.2 Å². The Hall–Kier alpha value is -0.160. The minimum absolute atomic E-state index is 0.102. The number of hydrogen-bond acceptors (Lipinski definition) is 3. The van der Waals surface area contributed by atoms with E-state index in [1.807, 2.05) is 0 Å². The molecule has 1 rings (SSSR count). The summed E-state index contributed by atoms with van der Waals surface area (Å²) in [6.07, 6.45) is 1.40. The second-order valence-corrected chi connectivity index (χ2v) is 6.86. The number of rotatable bonds is 4. The molecule has 0 spiro atoms. The fourth-order valence-electron chi connectivity index (χ4n) is 2.07. The van der Waals surface area contributed by atoms with Crippen LogP contribution in [-0.4, -0.2) is 39.2 Å². The average molecular weight is 237 g/mol. The molecule has 0 aliphatic carbocycles. The van der Waals surface area contributed by atoms with Gasteiger partial charge in [0.2, 0.25) is 0 Å². The van der Waals surface area contributed by atoms with Gasteiger partial charge < -0.3 is 5.32 Å². The maximum absolute atomic E-state index is 14.2. The molecule has 1 aliphatic rings. The molecule has 1 heterocycles. The molecule has 0 bridgehead atoms. The zero-order valence-corrected chi connectivity index (χ0v) is 10.2. The van der Waals surface area contributed by atoms with E-state index in [9.17, 15) is 12.8 Å². The lowest BCUT2D eigenvalue weighted by atomic mass is 9.84. The Morgan fingerprint density at radius 2 is 1.93 bits per heavy atom. The number of alkyl halides is 1. The molecule has 0 aromatic carbocycles. The molecule has 1 unspecified atom stereocenters. The van der Waals surface area contributed by atoms with E-state index in [1.54, 1.807) is 14.0 Å². The first-order chi connectivity index (χ1) is 6.87. The molecule has 0 saturated carbocycles. The summed E-state index contributed by atoms with van der Waals surface area (Å²) in [6.45, 7) is 2.23. The Morgan fingerprint density at radius 1 is 1.40 bits per heavy atom. The van der Waals surface area contributed by atoms with Crippen LogP contribution < -0.4 is 5.32 Å². The predicted molar refractivity (Wildman–Crippen MR) is 59.4 cm³/mol. The van der Waals surface area contributed by atoms with Crippen molar-refractivity contribution < 1.29 is 12.8 Å². The van der Waals surface area contributed by atoms with Crippen LogP contribution >= 0.6 is 0 Å². The highest BCUT2D eigenvalue weighted by Crippen LogP contribution is 2.34. The lowest BCUT2D eigenvalue weighted by Gasteiger charge is -2.33. The highest BCUT2D eigenvalue weighted by atomic mass is 32.2. The largest absolute Gasteiger partial charge is 0.320 e. The summed E-state index contributed by atoms with van der Waals surface area (Å²) in [4.78, 5) is 0. The summed E-state index contributed by atoms with van der Waals surface area (Å²) in [5.41, 5.74) is -1.24. The van der Waals surface area contributed by atoms with Gasteiger partial charge in [-0.05, 0) is 45.7 Å². The summed E-state index contributed by atoms with van der Waals surface area (Å²) in [6, 6.07) is 0. The van der Waals surface area contributed by atoms with Crippen molar-refractivity contribution in [3.63, 3.8) is 0 Å². The second kappa shape index (κ2) is 4.78. The molecule has 15 heavy (non-hydrogen) atoms. The monoisotopic (exact) mass is 237 g/mol. The van der Waals surface area contributed by atoms with Crippen molar-refractivity contribution in [3.05, 3.63) is 0 Å². The third kappa shape index (κ3) is 3.72. The van der Waals surface area contributed by atoms with Gasteiger partial charge in [0, 0.05) is 0 Å². The van der Waals surface area contributed by atoms with Crippen molar-refractivity contribution in [3.8, 4) is 0 Å². The van der Waals surface area contributed by atoms with Crippen LogP contribution in [0.15, 0.2) is 0 Å². The maximum atomic E-state index is 14.2. The van der Waals surface area contributed by atoms with E-state index in [0.29, 0.717) is 25.8 Å². The van der Waals surface area contributed by atoms with Crippen LogP contribution in [0.4, 0.5) is 4.39 Å². The highest BCUT2D eigenvalue weighted by Gasteiger charge is 2.37. The van der Waals surface area contributed by atoms with E-state index in [2.05, 4.69) is 5.32 Å². The minimum Gasteiger partial charge on any atom is -0.320 e. The Balaban J connectivity index is 2.51. The van der Waals surface area contributed by atoms with Crippen LogP contribution in [0, 0.1) is 5.92 Å². The van der Waals surface area contributed by atoms with Crippen LogP contribution in [0.25, 0.3) is 0 Å². The van der Waals surface area contributed by atoms with E-state index >= 15 is 0 Å². The van der Waals surface area contributed by atoms with Gasteiger partial charge in [0.25, 0.3) is 0 Å². The van der Waals surface area contributed by atoms with Crippen molar-refractivity contribution in [1.82, 2.24) is 5.32 Å². The average Bonchev–Trinajstić information content (AvgIpc) is 2.14. The van der Waals surface area contributed by atoms with Gasteiger partial charge in [0.1, 0.15) is 15.5 Å². The first-order valence-corrected chi connectivity index (χ1v) is 7.23. The van der Waals surface area contributed by atoms with Gasteiger partial charge in [-0.1, -0.05) is 0 Å². The first-order valence-electron chi connectivity index (χ1n) is 5.41. The smallest absolute Gasteiger partial charge is 0.150 e. The lowest BCUT2D eigenvalue weighted by Crippen LogP contribution is -2.38. The fourth-order valence-corrected chi connectivity index (χ4v) is 3.56. The molecule has 1 N–H and O–H groups in total. The second-order valence-electron chi connectivity index (χ2n) is 4.56. The van der Waals surface area contributed by atoms with Gasteiger partial charge in [-0.15, -0.1) is 0 Å². The molecule has 0 amide bonds. The van der Waals surface area contributed by atoms with Gasteiger partial charge in [0.05, 0.1) is 11.5 Å². The molecule has 0 aromatic heterocycles. The van der Waals surface area contributed by atoms with Gasteiger partial charge in [-0.3, -0.25) is 0 Å². The van der Waals surface area contributed by atoms with Crippen LogP contribution in [0.1, 0.15) is 26.2 Å². The molecular weight excluding hydrogens is 217 g/mol. The van der Waals surface area contributed by atoms with E-state index in [-0.39, 0.29) is 17.4 Å². The van der Waals surface area contributed by atoms with Crippen molar-refractivity contribution in [2.45, 2.75) is 31.9 Å². The van der Waals surface area contributed by atoms with E-state index in [4.69, 9.17) is 0 Å². The molecule has 0 radical (unpaired) electrons. The number of hydrogen-bond donors (Lipinski definition) is 1. The summed E-state index contributed by atoms with van der Waals surface area (Å²) < 4.78 is 36.6. The Kier molecular flexibility index (Phi) is 4.12. The van der Waals surface area contributed by atoms with Gasteiger partial charge in [0.15, 0.2) is 0 Å². The summed E-state index contributed by atoms with van der Waals surface area (Å²) in [5.74, 6) is 0.197. The van der Waals surface area contributed by atoms with Crippen molar-refractivity contribution >= 4 is 9.84 Å². The van der Waals surface area contributed by atoms with E-state index in [0.717, 1.165) is 0 Å².